The predicted octanol–water partition coefficient (Wildman–Crippen LogP) is 1.83. The Labute approximate surface area is 153 Å². The van der Waals surface area contributed by atoms with E-state index in [1.165, 1.54) is 0 Å². The van der Waals surface area contributed by atoms with Crippen LogP contribution in [-0.2, 0) is 4.79 Å². The summed E-state index contributed by atoms with van der Waals surface area (Å²) < 4.78 is 10.5. The molecule has 1 heterocycles. The van der Waals surface area contributed by atoms with Crippen molar-refractivity contribution in [2.75, 3.05) is 44.0 Å². The number of rotatable bonds is 10. The topological polar surface area (TPSA) is 97.4 Å². The second kappa shape index (κ2) is 10.1. The van der Waals surface area contributed by atoms with Gasteiger partial charge in [0.05, 0.1) is 7.11 Å². The van der Waals surface area contributed by atoms with Crippen LogP contribution in [0.25, 0.3) is 0 Å². The number of benzene rings is 1. The van der Waals surface area contributed by atoms with Crippen molar-refractivity contribution < 1.29 is 14.3 Å². The highest BCUT2D eigenvalue weighted by molar-refractivity contribution is 5.77. The van der Waals surface area contributed by atoms with E-state index in [1.54, 1.807) is 31.4 Å². The van der Waals surface area contributed by atoms with Crippen LogP contribution in [0.2, 0.25) is 0 Å². The summed E-state index contributed by atoms with van der Waals surface area (Å²) in [6.07, 6.45) is 0. The highest BCUT2D eigenvalue weighted by atomic mass is 16.5. The largest absolute Gasteiger partial charge is 0.497 e. The molecule has 26 heavy (non-hydrogen) atoms. The number of amides is 1. The van der Waals surface area contributed by atoms with Gasteiger partial charge in [0.2, 0.25) is 0 Å². The molecule has 8 heteroatoms. The number of aromatic nitrogens is 2. The lowest BCUT2D eigenvalue weighted by molar-refractivity contribution is -0.123. The quantitative estimate of drug-likeness (QED) is 0.557. The van der Waals surface area contributed by atoms with Crippen LogP contribution in [0.1, 0.15) is 12.7 Å². The number of hydrogen-bond donors (Lipinski definition) is 3. The number of hydrogen-bond acceptors (Lipinski definition) is 7. The molecule has 0 saturated carbocycles. The van der Waals surface area contributed by atoms with Crippen LogP contribution >= 0.6 is 0 Å². The van der Waals surface area contributed by atoms with Gasteiger partial charge in [0.15, 0.2) is 6.61 Å². The summed E-state index contributed by atoms with van der Waals surface area (Å²) in [6.45, 7) is 5.61. The minimum atomic E-state index is -0.185. The Balaban J connectivity index is 1.68. The van der Waals surface area contributed by atoms with Crippen LogP contribution < -0.4 is 25.4 Å². The van der Waals surface area contributed by atoms with Crippen molar-refractivity contribution >= 4 is 17.5 Å². The molecular formula is C18H25N5O3. The maximum Gasteiger partial charge on any atom is 0.258 e. The summed E-state index contributed by atoms with van der Waals surface area (Å²) in [4.78, 5) is 20.4. The monoisotopic (exact) mass is 359 g/mol. The smallest absolute Gasteiger partial charge is 0.258 e. The number of carbonyl (C=O) groups is 1. The molecular weight excluding hydrogens is 334 g/mol. The zero-order valence-corrected chi connectivity index (χ0v) is 15.3. The Kier molecular flexibility index (Phi) is 7.48. The summed E-state index contributed by atoms with van der Waals surface area (Å²) in [7, 11) is 1.60. The van der Waals surface area contributed by atoms with Crippen LogP contribution in [0.4, 0.5) is 11.6 Å². The third-order valence-electron chi connectivity index (χ3n) is 3.38. The first-order valence-electron chi connectivity index (χ1n) is 8.47. The van der Waals surface area contributed by atoms with Crippen LogP contribution in [-0.4, -0.2) is 49.2 Å². The number of aryl methyl sites for hydroxylation is 1. The summed E-state index contributed by atoms with van der Waals surface area (Å²) in [5.74, 6) is 3.35. The van der Waals surface area contributed by atoms with Gasteiger partial charge >= 0.3 is 0 Å². The SMILES string of the molecule is CCNc1cc(NCCNC(=O)COc2ccc(OC)cc2)nc(C)n1. The molecule has 1 aromatic heterocycles. The minimum absolute atomic E-state index is 0.0382. The van der Waals surface area contributed by atoms with Gasteiger partial charge in [0.25, 0.3) is 5.91 Å². The third kappa shape index (κ3) is 6.46. The maximum atomic E-state index is 11.8. The molecule has 0 atom stereocenters. The molecule has 0 aliphatic rings. The summed E-state index contributed by atoms with van der Waals surface area (Å²) in [5, 5.41) is 9.11. The van der Waals surface area contributed by atoms with Crippen molar-refractivity contribution in [3.05, 3.63) is 36.2 Å². The van der Waals surface area contributed by atoms with Crippen LogP contribution in [0.15, 0.2) is 30.3 Å². The maximum absolute atomic E-state index is 11.8. The highest BCUT2D eigenvalue weighted by Crippen LogP contribution is 2.16. The van der Waals surface area contributed by atoms with Gasteiger partial charge in [0, 0.05) is 25.7 Å². The molecule has 0 fully saturated rings. The molecule has 140 valence electrons. The molecule has 2 aromatic rings. The van der Waals surface area contributed by atoms with Gasteiger partial charge in [0.1, 0.15) is 29.0 Å². The summed E-state index contributed by atoms with van der Waals surface area (Å²) in [5.41, 5.74) is 0. The molecule has 0 saturated heterocycles. The molecule has 0 radical (unpaired) electrons. The van der Waals surface area contributed by atoms with Gasteiger partial charge in [-0.1, -0.05) is 0 Å². The van der Waals surface area contributed by atoms with Crippen LogP contribution in [0.5, 0.6) is 11.5 Å². The average Bonchev–Trinajstić information content (AvgIpc) is 2.64. The Morgan fingerprint density at radius 3 is 2.35 bits per heavy atom. The minimum Gasteiger partial charge on any atom is -0.497 e. The zero-order chi connectivity index (χ0) is 18.8. The fraction of sp³-hybridized carbons (Fsp3) is 0.389. The molecule has 1 aromatic carbocycles. The normalized spacial score (nSPS) is 10.1. The third-order valence-corrected chi connectivity index (χ3v) is 3.38. The van der Waals surface area contributed by atoms with E-state index < -0.39 is 0 Å². The van der Waals surface area contributed by atoms with Gasteiger partial charge in [-0.05, 0) is 38.1 Å². The lowest BCUT2D eigenvalue weighted by Crippen LogP contribution is -2.32. The van der Waals surface area contributed by atoms with E-state index in [4.69, 9.17) is 9.47 Å². The molecule has 0 aliphatic carbocycles. The highest BCUT2D eigenvalue weighted by Gasteiger charge is 2.04. The van der Waals surface area contributed by atoms with Crippen molar-refractivity contribution in [1.82, 2.24) is 15.3 Å². The van der Waals surface area contributed by atoms with Gasteiger partial charge < -0.3 is 25.4 Å². The number of nitrogens with zero attached hydrogens (tertiary/aromatic N) is 2. The fourth-order valence-corrected chi connectivity index (χ4v) is 2.19. The number of carbonyl (C=O) groups excluding carboxylic acids is 1. The van der Waals surface area contributed by atoms with E-state index in [0.29, 0.717) is 24.7 Å². The van der Waals surface area contributed by atoms with Crippen molar-refractivity contribution in [1.29, 1.82) is 0 Å². The van der Waals surface area contributed by atoms with Crippen molar-refractivity contribution in [2.24, 2.45) is 0 Å². The van der Waals surface area contributed by atoms with E-state index in [2.05, 4.69) is 25.9 Å². The summed E-state index contributed by atoms with van der Waals surface area (Å²) >= 11 is 0. The first kappa shape index (κ1) is 19.3. The van der Waals surface area contributed by atoms with E-state index in [1.807, 2.05) is 19.9 Å². The van der Waals surface area contributed by atoms with Crippen molar-refractivity contribution in [2.45, 2.75) is 13.8 Å². The van der Waals surface area contributed by atoms with E-state index >= 15 is 0 Å². The standard InChI is InChI=1S/C18H25N5O3/c1-4-19-16-11-17(23-13(2)22-16)20-9-10-21-18(24)12-26-15-7-5-14(25-3)6-8-15/h5-8,11H,4,9-10,12H2,1-3H3,(H,21,24)(H2,19,20,22,23). The second-order valence-electron chi connectivity index (χ2n) is 5.46. The molecule has 1 amide bonds. The lowest BCUT2D eigenvalue weighted by Gasteiger charge is -2.10. The van der Waals surface area contributed by atoms with Gasteiger partial charge in [-0.25, -0.2) is 9.97 Å². The average molecular weight is 359 g/mol. The fourth-order valence-electron chi connectivity index (χ4n) is 2.19. The Morgan fingerprint density at radius 1 is 1.04 bits per heavy atom. The van der Waals surface area contributed by atoms with Crippen LogP contribution in [0, 0.1) is 6.92 Å². The predicted molar refractivity (Wildman–Crippen MR) is 101 cm³/mol. The van der Waals surface area contributed by atoms with Gasteiger partial charge in [-0.15, -0.1) is 0 Å². The van der Waals surface area contributed by atoms with Crippen molar-refractivity contribution in [3.8, 4) is 11.5 Å². The Bertz CT molecular complexity index is 706. The van der Waals surface area contributed by atoms with Gasteiger partial charge in [-0.2, -0.15) is 0 Å². The second-order valence-corrected chi connectivity index (χ2v) is 5.46. The Hall–Kier alpha value is -3.03. The van der Waals surface area contributed by atoms with Crippen LogP contribution in [0.3, 0.4) is 0 Å². The molecule has 8 nitrogen and oxygen atoms in total. The molecule has 2 rings (SSSR count). The molecule has 0 bridgehead atoms. The number of ether oxygens (including phenoxy) is 2. The molecule has 3 N–H and O–H groups in total. The van der Waals surface area contributed by atoms with Crippen molar-refractivity contribution in [3.63, 3.8) is 0 Å². The zero-order valence-electron chi connectivity index (χ0n) is 15.3. The number of anilines is 2. The van der Waals surface area contributed by atoms with E-state index in [-0.39, 0.29) is 12.5 Å². The Morgan fingerprint density at radius 2 is 1.69 bits per heavy atom. The first-order chi connectivity index (χ1) is 12.6. The molecule has 0 aliphatic heterocycles. The molecule has 0 unspecified atom stereocenters. The van der Waals surface area contributed by atoms with E-state index in [0.717, 1.165) is 23.9 Å². The number of nitrogens with one attached hydrogen (secondary N) is 3. The van der Waals surface area contributed by atoms with E-state index in [9.17, 15) is 4.79 Å². The lowest BCUT2D eigenvalue weighted by atomic mass is 10.3. The molecule has 0 spiro atoms. The van der Waals surface area contributed by atoms with Gasteiger partial charge in [-0.3, -0.25) is 4.79 Å². The first-order valence-corrected chi connectivity index (χ1v) is 8.47. The number of methoxy groups -OCH3 is 1. The summed E-state index contributed by atoms with van der Waals surface area (Å²) in [6, 6.07) is 8.91.